The highest BCUT2D eigenvalue weighted by molar-refractivity contribution is 9.10. The van der Waals surface area contributed by atoms with Crippen molar-refractivity contribution in [2.75, 3.05) is 0 Å². The Labute approximate surface area is 185 Å². The molecular formula is C23H23BrN4S. The van der Waals surface area contributed by atoms with Crippen LogP contribution in [0.1, 0.15) is 49.2 Å². The molecule has 0 spiro atoms. The summed E-state index contributed by atoms with van der Waals surface area (Å²) in [6, 6.07) is 19.5. The fourth-order valence-electron chi connectivity index (χ4n) is 4.73. The standard InChI is InChI=1S/C23H23BrN4S/c24-16-10-12-17(13-11-16)27-15-5-9-20(27)22-21(19-8-3-4-14-25-19)26-23(29)28(22)18-6-1-2-7-18/h3-5,8-15,18,21-22H,1-2,6-7H2,(H,26,29)/t21-,22-/m0/s1. The summed E-state index contributed by atoms with van der Waals surface area (Å²) in [6.45, 7) is 0. The van der Waals surface area contributed by atoms with Gasteiger partial charge in [-0.2, -0.15) is 0 Å². The second-order valence-corrected chi connectivity index (χ2v) is 9.05. The highest BCUT2D eigenvalue weighted by Crippen LogP contribution is 2.43. The maximum atomic E-state index is 5.85. The first-order valence-corrected chi connectivity index (χ1v) is 11.4. The van der Waals surface area contributed by atoms with E-state index < -0.39 is 0 Å². The molecule has 4 nitrogen and oxygen atoms in total. The number of rotatable bonds is 4. The minimum absolute atomic E-state index is 0.0356. The Bertz CT molecular complexity index is 995. The maximum absolute atomic E-state index is 5.85. The summed E-state index contributed by atoms with van der Waals surface area (Å²) in [5.74, 6) is 0. The van der Waals surface area contributed by atoms with E-state index in [1.54, 1.807) is 0 Å². The summed E-state index contributed by atoms with van der Waals surface area (Å²) in [6.07, 6.45) is 8.96. The van der Waals surface area contributed by atoms with Crippen LogP contribution in [-0.2, 0) is 0 Å². The minimum Gasteiger partial charge on any atom is -0.352 e. The van der Waals surface area contributed by atoms with Crippen LogP contribution in [0.15, 0.2) is 71.5 Å². The average molecular weight is 467 g/mol. The smallest absolute Gasteiger partial charge is 0.170 e. The van der Waals surface area contributed by atoms with Crippen molar-refractivity contribution in [3.05, 3.63) is 82.9 Å². The molecule has 2 aromatic heterocycles. The first-order chi connectivity index (χ1) is 14.2. The van der Waals surface area contributed by atoms with Gasteiger partial charge in [0, 0.05) is 34.3 Å². The molecule has 0 radical (unpaired) electrons. The van der Waals surface area contributed by atoms with Crippen LogP contribution in [0.3, 0.4) is 0 Å². The molecule has 3 heterocycles. The molecule has 6 heteroatoms. The van der Waals surface area contributed by atoms with Crippen molar-refractivity contribution in [3.63, 3.8) is 0 Å². The summed E-state index contributed by atoms with van der Waals surface area (Å²) in [5, 5.41) is 4.45. The molecule has 5 rings (SSSR count). The lowest BCUT2D eigenvalue weighted by Gasteiger charge is -2.33. The van der Waals surface area contributed by atoms with Gasteiger partial charge in [-0.25, -0.2) is 0 Å². The van der Waals surface area contributed by atoms with Crippen LogP contribution < -0.4 is 5.32 Å². The summed E-state index contributed by atoms with van der Waals surface area (Å²) in [7, 11) is 0. The van der Waals surface area contributed by atoms with Gasteiger partial charge in [0.2, 0.25) is 0 Å². The summed E-state index contributed by atoms with van der Waals surface area (Å²) in [5.41, 5.74) is 3.42. The quantitative estimate of drug-likeness (QED) is 0.510. The van der Waals surface area contributed by atoms with Crippen LogP contribution >= 0.6 is 28.1 Å². The first-order valence-electron chi connectivity index (χ1n) is 10.2. The van der Waals surface area contributed by atoms with E-state index in [2.05, 4.69) is 90.4 Å². The zero-order chi connectivity index (χ0) is 19.8. The lowest BCUT2D eigenvalue weighted by atomic mass is 9.99. The van der Waals surface area contributed by atoms with Gasteiger partial charge in [-0.15, -0.1) is 0 Å². The molecule has 0 bridgehead atoms. The van der Waals surface area contributed by atoms with Gasteiger partial charge in [-0.1, -0.05) is 34.8 Å². The predicted octanol–water partition coefficient (Wildman–Crippen LogP) is 5.55. The van der Waals surface area contributed by atoms with Crippen molar-refractivity contribution in [2.24, 2.45) is 0 Å². The number of thiocarbonyl (C=S) groups is 1. The van der Waals surface area contributed by atoms with Gasteiger partial charge in [0.25, 0.3) is 0 Å². The van der Waals surface area contributed by atoms with Gasteiger partial charge < -0.3 is 14.8 Å². The van der Waals surface area contributed by atoms with Crippen LogP contribution in [0.5, 0.6) is 0 Å². The molecule has 3 aromatic rings. The van der Waals surface area contributed by atoms with Crippen molar-refractivity contribution in [1.82, 2.24) is 19.8 Å². The number of nitrogens with zero attached hydrogens (tertiary/aromatic N) is 3. The van der Waals surface area contributed by atoms with E-state index >= 15 is 0 Å². The second-order valence-electron chi connectivity index (χ2n) is 7.75. The molecule has 0 unspecified atom stereocenters. The van der Waals surface area contributed by atoms with Gasteiger partial charge in [0.15, 0.2) is 5.11 Å². The third kappa shape index (κ3) is 3.49. The Kier molecular flexibility index (Phi) is 5.14. The SMILES string of the molecule is S=C1N[C@@H](c2ccccn2)[C@H](c2cccn2-c2ccc(Br)cc2)N1C1CCCC1. The van der Waals surface area contributed by atoms with E-state index in [0.29, 0.717) is 6.04 Å². The van der Waals surface area contributed by atoms with Crippen molar-refractivity contribution < 1.29 is 0 Å². The van der Waals surface area contributed by atoms with Gasteiger partial charge in [-0.05, 0) is 73.6 Å². The minimum atomic E-state index is 0.0356. The lowest BCUT2D eigenvalue weighted by Crippen LogP contribution is -2.38. The molecule has 0 amide bonds. The Morgan fingerprint density at radius 2 is 1.79 bits per heavy atom. The number of halogens is 1. The Balaban J connectivity index is 1.61. The summed E-state index contributed by atoms with van der Waals surface area (Å²) < 4.78 is 3.36. The summed E-state index contributed by atoms with van der Waals surface area (Å²) in [4.78, 5) is 7.12. The molecule has 29 heavy (non-hydrogen) atoms. The normalized spacial score (nSPS) is 22.2. The van der Waals surface area contributed by atoms with Crippen molar-refractivity contribution in [1.29, 1.82) is 0 Å². The third-order valence-corrected chi connectivity index (χ3v) is 6.90. The number of aromatic nitrogens is 2. The Hall–Kier alpha value is -2.18. The maximum Gasteiger partial charge on any atom is 0.170 e. The topological polar surface area (TPSA) is 33.1 Å². The highest BCUT2D eigenvalue weighted by Gasteiger charge is 2.44. The first kappa shape index (κ1) is 18.8. The number of benzene rings is 1. The van der Waals surface area contributed by atoms with Gasteiger partial charge in [0.05, 0.1) is 17.8 Å². The van der Waals surface area contributed by atoms with Crippen LogP contribution in [0.2, 0.25) is 0 Å². The monoisotopic (exact) mass is 466 g/mol. The predicted molar refractivity (Wildman–Crippen MR) is 123 cm³/mol. The van der Waals surface area contributed by atoms with E-state index in [1.165, 1.54) is 31.4 Å². The van der Waals surface area contributed by atoms with Crippen molar-refractivity contribution in [3.8, 4) is 5.69 Å². The molecule has 1 saturated heterocycles. The summed E-state index contributed by atoms with van der Waals surface area (Å²) >= 11 is 9.40. The van der Waals surface area contributed by atoms with Crippen LogP contribution in [-0.4, -0.2) is 25.6 Å². The van der Waals surface area contributed by atoms with E-state index in [9.17, 15) is 0 Å². The molecule has 1 aliphatic heterocycles. The lowest BCUT2D eigenvalue weighted by molar-refractivity contribution is 0.239. The number of pyridine rings is 1. The fraction of sp³-hybridized carbons (Fsp3) is 0.304. The van der Waals surface area contributed by atoms with Crippen molar-refractivity contribution in [2.45, 2.75) is 43.8 Å². The number of hydrogen-bond donors (Lipinski definition) is 1. The van der Waals surface area contributed by atoms with Gasteiger partial charge in [-0.3, -0.25) is 4.98 Å². The van der Waals surface area contributed by atoms with Crippen molar-refractivity contribution >= 4 is 33.3 Å². The fourth-order valence-corrected chi connectivity index (χ4v) is 5.38. The molecular weight excluding hydrogens is 444 g/mol. The zero-order valence-electron chi connectivity index (χ0n) is 16.0. The van der Waals surface area contributed by atoms with E-state index in [1.807, 2.05) is 12.3 Å². The molecule has 1 aromatic carbocycles. The molecule has 2 aliphatic rings. The van der Waals surface area contributed by atoms with Crippen LogP contribution in [0.4, 0.5) is 0 Å². The Morgan fingerprint density at radius 3 is 2.52 bits per heavy atom. The van der Waals surface area contributed by atoms with E-state index in [-0.39, 0.29) is 12.1 Å². The zero-order valence-corrected chi connectivity index (χ0v) is 18.4. The van der Waals surface area contributed by atoms with Gasteiger partial charge in [0.1, 0.15) is 0 Å². The largest absolute Gasteiger partial charge is 0.352 e. The average Bonchev–Trinajstić information content (AvgIpc) is 3.48. The molecule has 148 valence electrons. The number of hydrogen-bond acceptors (Lipinski definition) is 2. The molecule has 2 fully saturated rings. The van der Waals surface area contributed by atoms with E-state index in [0.717, 1.165) is 21.0 Å². The highest BCUT2D eigenvalue weighted by atomic mass is 79.9. The Morgan fingerprint density at radius 1 is 1.00 bits per heavy atom. The third-order valence-electron chi connectivity index (χ3n) is 6.04. The van der Waals surface area contributed by atoms with Gasteiger partial charge >= 0.3 is 0 Å². The van der Waals surface area contributed by atoms with Crippen LogP contribution in [0, 0.1) is 0 Å². The van der Waals surface area contributed by atoms with Crippen LogP contribution in [0.25, 0.3) is 5.69 Å². The molecule has 1 N–H and O–H groups in total. The molecule has 1 aliphatic carbocycles. The number of nitrogens with one attached hydrogen (secondary N) is 1. The van der Waals surface area contributed by atoms with E-state index in [4.69, 9.17) is 12.2 Å². The molecule has 2 atom stereocenters. The second kappa shape index (κ2) is 7.92. The molecule has 1 saturated carbocycles.